The van der Waals surface area contributed by atoms with Gasteiger partial charge in [-0.2, -0.15) is 0 Å². The van der Waals surface area contributed by atoms with E-state index in [2.05, 4.69) is 4.98 Å². The number of methoxy groups -OCH3 is 1. The molecule has 0 bridgehead atoms. The number of hydrogen-bond donors (Lipinski definition) is 4. The molecular formula is C12H13AcNO4. The number of aliphatic hydroxyl groups is 1. The second kappa shape index (κ2) is 4.92. The van der Waals surface area contributed by atoms with Gasteiger partial charge in [0.2, 0.25) is 0 Å². The van der Waals surface area contributed by atoms with E-state index in [1.54, 1.807) is 0 Å². The summed E-state index contributed by atoms with van der Waals surface area (Å²) in [5.74, 6) is 0.251. The van der Waals surface area contributed by atoms with Crippen LogP contribution in [0, 0.1) is 44.1 Å². The molecule has 6 heteroatoms. The summed E-state index contributed by atoms with van der Waals surface area (Å²) >= 11 is 0. The van der Waals surface area contributed by atoms with Gasteiger partial charge in [-0.05, 0) is 18.4 Å². The monoisotopic (exact) mass is 462 g/mol. The molecule has 3 rings (SSSR count). The van der Waals surface area contributed by atoms with Crippen molar-refractivity contribution in [2.24, 2.45) is 0 Å². The molecule has 0 fully saturated rings. The SMILES string of the molecule is COc1cc(O)c2[nH]c3c(c2c1O)CCC3O.[Ac]. The molecule has 93 valence electrons. The molecule has 1 aromatic heterocycles. The molecule has 0 spiro atoms. The number of H-pyrrole nitrogens is 1. The smallest absolute Gasteiger partial charge is 0.167 e. The molecule has 1 heterocycles. The van der Waals surface area contributed by atoms with Crippen LogP contribution in [0.25, 0.3) is 10.9 Å². The Morgan fingerprint density at radius 2 is 2.11 bits per heavy atom. The van der Waals surface area contributed by atoms with Crippen LogP contribution < -0.4 is 4.74 Å². The maximum atomic E-state index is 10.1. The molecule has 1 aromatic carbocycles. The van der Waals surface area contributed by atoms with E-state index in [4.69, 9.17) is 4.74 Å². The average Bonchev–Trinajstić information content (AvgIpc) is 2.85. The van der Waals surface area contributed by atoms with Gasteiger partial charge in [-0.15, -0.1) is 0 Å². The molecule has 0 saturated carbocycles. The number of rotatable bonds is 1. The summed E-state index contributed by atoms with van der Waals surface area (Å²) in [4.78, 5) is 2.97. The standard InChI is InChI=1S/C12H13NO4.Ac/c1-17-8-4-7(15)11-9(12(8)16)5-2-3-6(14)10(5)13-11;/h4,6,13-16H,2-3H2,1H3;. The number of nitrogens with one attached hydrogen (secondary N) is 1. The fraction of sp³-hybridized carbons (Fsp3) is 0.333. The molecule has 4 N–H and O–H groups in total. The Labute approximate surface area is 139 Å². The number of phenolic OH excluding ortho intramolecular Hbond substituents is 2. The maximum absolute atomic E-state index is 10.1. The van der Waals surface area contributed by atoms with E-state index in [0.717, 1.165) is 5.56 Å². The molecule has 0 aliphatic heterocycles. The summed E-state index contributed by atoms with van der Waals surface area (Å²) in [6.45, 7) is 0. The number of ether oxygens (including phenoxy) is 1. The van der Waals surface area contributed by atoms with E-state index in [9.17, 15) is 15.3 Å². The fourth-order valence-corrected chi connectivity index (χ4v) is 2.52. The zero-order chi connectivity index (χ0) is 12.2. The van der Waals surface area contributed by atoms with E-state index in [1.165, 1.54) is 13.2 Å². The molecular weight excluding hydrogens is 449 g/mol. The van der Waals surface area contributed by atoms with Crippen LogP contribution in [0.5, 0.6) is 17.2 Å². The van der Waals surface area contributed by atoms with Crippen molar-refractivity contribution in [1.82, 2.24) is 4.98 Å². The van der Waals surface area contributed by atoms with Crippen molar-refractivity contribution in [3.63, 3.8) is 0 Å². The first-order valence-electron chi connectivity index (χ1n) is 5.45. The minimum atomic E-state index is -0.554. The number of benzene rings is 1. The first-order valence-corrected chi connectivity index (χ1v) is 5.45. The number of aromatic nitrogens is 1. The quantitative estimate of drug-likeness (QED) is 0.485. The van der Waals surface area contributed by atoms with E-state index in [-0.39, 0.29) is 61.3 Å². The molecule has 2 aromatic rings. The molecule has 1 atom stereocenters. The molecule has 1 aliphatic carbocycles. The Morgan fingerprint density at radius 3 is 2.78 bits per heavy atom. The maximum Gasteiger partial charge on any atom is 0.167 e. The Hall–Kier alpha value is -0.438. The van der Waals surface area contributed by atoms with Crippen LogP contribution in [0.4, 0.5) is 0 Å². The van der Waals surface area contributed by atoms with Gasteiger partial charge in [0.25, 0.3) is 0 Å². The molecule has 1 radical (unpaired) electrons. The third-order valence-electron chi connectivity index (χ3n) is 3.35. The number of aromatic amines is 1. The van der Waals surface area contributed by atoms with Crippen molar-refractivity contribution in [2.75, 3.05) is 7.11 Å². The minimum absolute atomic E-state index is 0. The summed E-state index contributed by atoms with van der Waals surface area (Å²) in [7, 11) is 1.43. The van der Waals surface area contributed by atoms with Crippen molar-refractivity contribution >= 4 is 10.9 Å². The Balaban J connectivity index is 0.00000120. The average molecular weight is 462 g/mol. The summed E-state index contributed by atoms with van der Waals surface area (Å²) in [5.41, 5.74) is 1.99. The van der Waals surface area contributed by atoms with Gasteiger partial charge >= 0.3 is 0 Å². The molecule has 0 saturated heterocycles. The summed E-state index contributed by atoms with van der Waals surface area (Å²) in [5, 5.41) is 30.2. The Kier molecular flexibility index (Phi) is 3.82. The number of hydrogen-bond acceptors (Lipinski definition) is 4. The summed E-state index contributed by atoms with van der Waals surface area (Å²) in [6.07, 6.45) is 0.757. The number of aromatic hydroxyl groups is 2. The first-order chi connectivity index (χ1) is 8.13. The third-order valence-corrected chi connectivity index (χ3v) is 3.35. The van der Waals surface area contributed by atoms with Gasteiger partial charge in [-0.3, -0.25) is 0 Å². The molecule has 1 unspecified atom stereocenters. The van der Waals surface area contributed by atoms with Crippen LogP contribution in [-0.4, -0.2) is 27.4 Å². The topological polar surface area (TPSA) is 85.7 Å². The second-order valence-electron chi connectivity index (χ2n) is 4.27. The van der Waals surface area contributed by atoms with Crippen LogP contribution in [0.15, 0.2) is 6.07 Å². The Bertz CT molecular complexity index is 608. The Morgan fingerprint density at radius 1 is 1.39 bits per heavy atom. The molecule has 18 heavy (non-hydrogen) atoms. The van der Waals surface area contributed by atoms with Gasteiger partial charge in [-0.1, -0.05) is 0 Å². The van der Waals surface area contributed by atoms with Crippen LogP contribution in [0.3, 0.4) is 0 Å². The van der Waals surface area contributed by atoms with E-state index in [0.29, 0.717) is 29.4 Å². The van der Waals surface area contributed by atoms with Gasteiger partial charge < -0.3 is 25.0 Å². The summed E-state index contributed by atoms with van der Waals surface area (Å²) in [6, 6.07) is 1.36. The predicted octanol–water partition coefficient (Wildman–Crippen LogP) is 1.57. The van der Waals surface area contributed by atoms with Gasteiger partial charge in [0.1, 0.15) is 5.75 Å². The van der Waals surface area contributed by atoms with Crippen molar-refractivity contribution in [1.29, 1.82) is 0 Å². The normalized spacial score (nSPS) is 17.6. The number of fused-ring (bicyclic) bond motifs is 3. The van der Waals surface area contributed by atoms with E-state index in [1.807, 2.05) is 0 Å². The van der Waals surface area contributed by atoms with Crippen LogP contribution in [-0.2, 0) is 6.42 Å². The van der Waals surface area contributed by atoms with Gasteiger partial charge in [-0.25, -0.2) is 0 Å². The van der Waals surface area contributed by atoms with Crippen LogP contribution >= 0.6 is 0 Å². The van der Waals surface area contributed by atoms with Gasteiger partial charge in [0.05, 0.1) is 24.1 Å². The van der Waals surface area contributed by atoms with Crippen molar-refractivity contribution < 1.29 is 64.1 Å². The number of aliphatic hydroxyl groups excluding tert-OH is 1. The zero-order valence-corrected chi connectivity index (χ0v) is 14.6. The summed E-state index contributed by atoms with van der Waals surface area (Å²) < 4.78 is 5.00. The van der Waals surface area contributed by atoms with E-state index < -0.39 is 6.10 Å². The van der Waals surface area contributed by atoms with Crippen LogP contribution in [0.1, 0.15) is 23.8 Å². The van der Waals surface area contributed by atoms with E-state index >= 15 is 0 Å². The number of phenols is 2. The fourth-order valence-electron chi connectivity index (χ4n) is 2.52. The largest absolute Gasteiger partial charge is 0.506 e. The van der Waals surface area contributed by atoms with Crippen LogP contribution in [0.2, 0.25) is 0 Å². The van der Waals surface area contributed by atoms with Gasteiger partial charge in [0.15, 0.2) is 11.5 Å². The van der Waals surface area contributed by atoms with Crippen molar-refractivity contribution in [3.8, 4) is 17.2 Å². The van der Waals surface area contributed by atoms with Crippen molar-refractivity contribution in [3.05, 3.63) is 17.3 Å². The third kappa shape index (κ3) is 1.82. The minimum Gasteiger partial charge on any atom is -0.506 e. The molecule has 1 aliphatic rings. The van der Waals surface area contributed by atoms with Gasteiger partial charge in [0, 0.05) is 55.8 Å². The second-order valence-corrected chi connectivity index (χ2v) is 4.27. The van der Waals surface area contributed by atoms with Crippen molar-refractivity contribution in [2.45, 2.75) is 18.9 Å². The molecule has 5 nitrogen and oxygen atoms in total. The molecule has 0 amide bonds. The number of aryl methyl sites for hydroxylation is 1. The predicted molar refractivity (Wildman–Crippen MR) is 61.5 cm³/mol. The zero-order valence-electron chi connectivity index (χ0n) is 9.90. The first kappa shape index (κ1) is 14.0.